The fourth-order valence-electron chi connectivity index (χ4n) is 4.37. The van der Waals surface area contributed by atoms with Gasteiger partial charge in [0, 0.05) is 22.1 Å². The molecule has 3 unspecified atom stereocenters. The second kappa shape index (κ2) is 10.7. The van der Waals surface area contributed by atoms with Gasteiger partial charge in [-0.15, -0.1) is 10.2 Å². The van der Waals surface area contributed by atoms with Crippen LogP contribution in [0.1, 0.15) is 74.5 Å². The quantitative estimate of drug-likeness (QED) is 0.375. The molecule has 4 rings (SSSR count). The lowest BCUT2D eigenvalue weighted by molar-refractivity contribution is -0.147. The summed E-state index contributed by atoms with van der Waals surface area (Å²) in [7, 11) is 3.17. The average molecular weight is 500 g/mol. The maximum Gasteiger partial charge on any atom is 0.308 e. The Kier molecular flexibility index (Phi) is 7.62. The molecule has 0 spiro atoms. The van der Waals surface area contributed by atoms with E-state index in [2.05, 4.69) is 24.0 Å². The van der Waals surface area contributed by atoms with Crippen molar-refractivity contribution >= 4 is 17.6 Å². The van der Waals surface area contributed by atoms with E-state index in [9.17, 15) is 4.79 Å². The molecule has 8 nitrogen and oxygen atoms in total. The number of halogens is 1. The Labute approximate surface area is 210 Å². The van der Waals surface area contributed by atoms with Gasteiger partial charge in [-0.1, -0.05) is 37.6 Å². The van der Waals surface area contributed by atoms with E-state index in [0.29, 0.717) is 22.3 Å². The van der Waals surface area contributed by atoms with Gasteiger partial charge >= 0.3 is 5.97 Å². The molecule has 3 atom stereocenters. The lowest BCUT2D eigenvalue weighted by atomic mass is 9.98. The van der Waals surface area contributed by atoms with E-state index in [-0.39, 0.29) is 24.9 Å². The largest absolute Gasteiger partial charge is 0.493 e. The van der Waals surface area contributed by atoms with Crippen LogP contribution in [0.4, 0.5) is 0 Å². The van der Waals surface area contributed by atoms with E-state index in [1.807, 2.05) is 41.0 Å². The number of esters is 1. The molecule has 2 aromatic carbocycles. The van der Waals surface area contributed by atoms with Crippen LogP contribution in [0.25, 0.3) is 5.69 Å². The van der Waals surface area contributed by atoms with Gasteiger partial charge in [-0.3, -0.25) is 9.36 Å². The number of rotatable bonds is 8. The fraction of sp³-hybridized carbons (Fsp3) is 0.423. The van der Waals surface area contributed by atoms with Gasteiger partial charge in [0.05, 0.1) is 32.9 Å². The smallest absolute Gasteiger partial charge is 0.308 e. The van der Waals surface area contributed by atoms with Gasteiger partial charge in [0.2, 0.25) is 0 Å². The van der Waals surface area contributed by atoms with Crippen LogP contribution in [0.3, 0.4) is 0 Å². The number of fused-ring (bicyclic) bond motifs is 3. The van der Waals surface area contributed by atoms with Gasteiger partial charge in [-0.25, -0.2) is 0 Å². The number of carbonyl (C=O) groups is 1. The van der Waals surface area contributed by atoms with Crippen LogP contribution in [0.5, 0.6) is 11.5 Å². The van der Waals surface area contributed by atoms with Gasteiger partial charge in [0.15, 0.2) is 17.3 Å². The van der Waals surface area contributed by atoms with Crippen LogP contribution in [0.2, 0.25) is 5.02 Å². The zero-order valence-electron chi connectivity index (χ0n) is 20.6. The maximum absolute atomic E-state index is 12.6. The minimum Gasteiger partial charge on any atom is -0.493 e. The summed E-state index contributed by atoms with van der Waals surface area (Å²) in [6, 6.07) is 11.3. The molecule has 3 aromatic rings. The molecule has 0 N–H and O–H groups in total. The average Bonchev–Trinajstić information content (AvgIpc) is 3.25. The van der Waals surface area contributed by atoms with E-state index in [1.54, 1.807) is 21.1 Å². The van der Waals surface area contributed by atoms with Crippen molar-refractivity contribution in [2.24, 2.45) is 0 Å². The first-order chi connectivity index (χ1) is 16.9. The molecule has 1 aliphatic rings. The predicted molar refractivity (Wildman–Crippen MR) is 132 cm³/mol. The third kappa shape index (κ3) is 4.73. The monoisotopic (exact) mass is 499 g/mol. The minimum atomic E-state index is -0.716. The summed E-state index contributed by atoms with van der Waals surface area (Å²) in [4.78, 5) is 12.6. The molecule has 0 aliphatic carbocycles. The lowest BCUT2D eigenvalue weighted by Gasteiger charge is -2.24. The first-order valence-corrected chi connectivity index (χ1v) is 12.1. The molecule has 1 aliphatic heterocycles. The number of nitrogens with zero attached hydrogens (tertiary/aromatic N) is 3. The molecular formula is C26H30ClN3O5. The molecule has 186 valence electrons. The molecule has 0 fully saturated rings. The summed E-state index contributed by atoms with van der Waals surface area (Å²) in [5.41, 5.74) is 2.39. The Morgan fingerprint density at radius 2 is 1.94 bits per heavy atom. The molecule has 2 heterocycles. The van der Waals surface area contributed by atoms with Crippen molar-refractivity contribution in [1.29, 1.82) is 0 Å². The van der Waals surface area contributed by atoms with Crippen molar-refractivity contribution in [3.63, 3.8) is 0 Å². The zero-order chi connectivity index (χ0) is 25.1. The van der Waals surface area contributed by atoms with E-state index in [4.69, 9.17) is 30.5 Å². The van der Waals surface area contributed by atoms with Crippen LogP contribution in [0, 0.1) is 0 Å². The van der Waals surface area contributed by atoms with Gasteiger partial charge < -0.3 is 18.9 Å². The van der Waals surface area contributed by atoms with Crippen molar-refractivity contribution in [1.82, 2.24) is 14.8 Å². The first kappa shape index (κ1) is 25.0. The fourth-order valence-corrected chi connectivity index (χ4v) is 4.55. The normalized spacial score (nSPS) is 17.7. The van der Waals surface area contributed by atoms with Crippen molar-refractivity contribution in [2.75, 3.05) is 20.8 Å². The van der Waals surface area contributed by atoms with Crippen LogP contribution >= 0.6 is 11.6 Å². The zero-order valence-corrected chi connectivity index (χ0v) is 21.3. The summed E-state index contributed by atoms with van der Waals surface area (Å²) in [5.74, 6) is 2.20. The van der Waals surface area contributed by atoms with Crippen LogP contribution in [0.15, 0.2) is 36.4 Å². The van der Waals surface area contributed by atoms with Crippen molar-refractivity contribution in [2.45, 2.75) is 51.7 Å². The highest BCUT2D eigenvalue weighted by Crippen LogP contribution is 2.46. The van der Waals surface area contributed by atoms with Crippen LogP contribution in [-0.4, -0.2) is 41.6 Å². The minimum absolute atomic E-state index is 0.0169. The van der Waals surface area contributed by atoms with Gasteiger partial charge in [-0.2, -0.15) is 0 Å². The van der Waals surface area contributed by atoms with E-state index >= 15 is 0 Å². The number of methoxy groups -OCH3 is 2. The Hall–Kier alpha value is -3.10. The summed E-state index contributed by atoms with van der Waals surface area (Å²) in [6.07, 6.45) is -0.486. The highest BCUT2D eigenvalue weighted by Gasteiger charge is 2.37. The van der Waals surface area contributed by atoms with E-state index in [1.165, 1.54) is 0 Å². The van der Waals surface area contributed by atoms with Crippen LogP contribution in [-0.2, 0) is 14.3 Å². The number of benzene rings is 2. The highest BCUT2D eigenvalue weighted by atomic mass is 35.5. The molecule has 0 saturated heterocycles. The van der Waals surface area contributed by atoms with Gasteiger partial charge in [0.25, 0.3) is 0 Å². The number of carbonyl (C=O) groups excluding carboxylic acids is 1. The summed E-state index contributed by atoms with van der Waals surface area (Å²) < 4.78 is 25.2. The predicted octanol–water partition coefficient (Wildman–Crippen LogP) is 5.57. The van der Waals surface area contributed by atoms with Gasteiger partial charge in [-0.05, 0) is 37.6 Å². The highest BCUT2D eigenvalue weighted by molar-refractivity contribution is 6.30. The molecular weight excluding hydrogens is 470 g/mol. The number of ether oxygens (including phenoxy) is 4. The lowest BCUT2D eigenvalue weighted by Crippen LogP contribution is -2.17. The molecule has 0 bridgehead atoms. The standard InChI is InChI=1S/C26H30ClN3O5/c1-6-15(3)25-28-29-26-21(14-22(31)34-7-2)35-23(17-9-8-10-20(32-4)24(17)33-5)18-13-16(27)11-12-19(18)30(25)26/h8-13,15,21,23H,6-7,14H2,1-5H3. The summed E-state index contributed by atoms with van der Waals surface area (Å²) >= 11 is 6.48. The van der Waals surface area contributed by atoms with Crippen molar-refractivity contribution in [3.05, 3.63) is 64.2 Å². The molecule has 1 aromatic heterocycles. The molecule has 35 heavy (non-hydrogen) atoms. The maximum atomic E-state index is 12.6. The Bertz CT molecular complexity index is 1210. The van der Waals surface area contributed by atoms with Crippen molar-refractivity contribution < 1.29 is 23.7 Å². The van der Waals surface area contributed by atoms with Gasteiger partial charge in [0.1, 0.15) is 18.0 Å². The Morgan fingerprint density at radius 3 is 2.63 bits per heavy atom. The Morgan fingerprint density at radius 1 is 1.14 bits per heavy atom. The molecule has 9 heteroatoms. The number of aromatic nitrogens is 3. The number of hydrogen-bond acceptors (Lipinski definition) is 7. The number of hydrogen-bond donors (Lipinski definition) is 0. The second-order valence-corrected chi connectivity index (χ2v) is 8.80. The number of para-hydroxylation sites is 1. The third-order valence-corrected chi connectivity index (χ3v) is 6.48. The topological polar surface area (TPSA) is 84.7 Å². The summed E-state index contributed by atoms with van der Waals surface area (Å²) in [5, 5.41) is 9.55. The molecule has 0 saturated carbocycles. The molecule has 0 radical (unpaired) electrons. The van der Waals surface area contributed by atoms with E-state index in [0.717, 1.165) is 29.1 Å². The van der Waals surface area contributed by atoms with E-state index < -0.39 is 12.2 Å². The van der Waals surface area contributed by atoms with Crippen molar-refractivity contribution in [3.8, 4) is 17.2 Å². The SMILES string of the molecule is CCOC(=O)CC1OC(c2cccc(OC)c2OC)c2cc(Cl)ccc2-n2c(C(C)CC)nnc21. The molecule has 0 amide bonds. The Balaban J connectivity index is 1.98. The van der Waals surface area contributed by atoms with Crippen LogP contribution < -0.4 is 9.47 Å². The second-order valence-electron chi connectivity index (χ2n) is 8.36. The summed E-state index contributed by atoms with van der Waals surface area (Å²) in [6.45, 7) is 6.25. The first-order valence-electron chi connectivity index (χ1n) is 11.7. The third-order valence-electron chi connectivity index (χ3n) is 6.24.